The van der Waals surface area contributed by atoms with E-state index in [2.05, 4.69) is 20.4 Å². The van der Waals surface area contributed by atoms with Gasteiger partial charge in [-0.3, -0.25) is 4.79 Å². The standard InChI is InChI=1S/C18H28O3/c1-4-5-6-11(2)16(19)8-7-13-14-9-12(3)18(21)15(14)10-17(13)20/h7-8,11,13-17,19-20H,3-6,9-10H2,1-2H3/b8-7+/t11?,13-,14-,15-,16+,17+/m0/s1. The minimum atomic E-state index is -0.469. The zero-order valence-corrected chi connectivity index (χ0v) is 13.2. The van der Waals surface area contributed by atoms with E-state index < -0.39 is 12.2 Å². The number of carbonyl (C=O) groups is 1. The summed E-state index contributed by atoms with van der Waals surface area (Å²) in [4.78, 5) is 12.0. The van der Waals surface area contributed by atoms with Gasteiger partial charge in [0.05, 0.1) is 12.2 Å². The van der Waals surface area contributed by atoms with E-state index in [9.17, 15) is 15.0 Å². The molecule has 0 aromatic rings. The van der Waals surface area contributed by atoms with E-state index in [-0.39, 0.29) is 29.5 Å². The molecular formula is C18H28O3. The van der Waals surface area contributed by atoms with E-state index >= 15 is 0 Å². The predicted molar refractivity (Wildman–Crippen MR) is 83.7 cm³/mol. The molecular weight excluding hydrogens is 264 g/mol. The molecule has 0 spiro atoms. The highest BCUT2D eigenvalue weighted by molar-refractivity contribution is 5.99. The molecule has 0 aromatic heterocycles. The first-order valence-corrected chi connectivity index (χ1v) is 8.22. The van der Waals surface area contributed by atoms with Gasteiger partial charge < -0.3 is 10.2 Å². The molecule has 2 aliphatic carbocycles. The summed E-state index contributed by atoms with van der Waals surface area (Å²) in [5.74, 6) is 0.458. The number of fused-ring (bicyclic) bond motifs is 1. The number of Topliss-reactive ketones (excluding diaryl/α,β-unsaturated/α-hetero) is 1. The van der Waals surface area contributed by atoms with Gasteiger partial charge in [0.2, 0.25) is 0 Å². The third-order valence-electron chi connectivity index (χ3n) is 5.24. The monoisotopic (exact) mass is 292 g/mol. The van der Waals surface area contributed by atoms with E-state index in [4.69, 9.17) is 0 Å². The van der Waals surface area contributed by atoms with E-state index in [1.54, 1.807) is 0 Å². The first-order valence-electron chi connectivity index (χ1n) is 8.22. The van der Waals surface area contributed by atoms with Gasteiger partial charge in [-0.2, -0.15) is 0 Å². The summed E-state index contributed by atoms with van der Waals surface area (Å²) < 4.78 is 0. The molecule has 2 saturated carbocycles. The molecule has 0 aliphatic heterocycles. The summed E-state index contributed by atoms with van der Waals surface area (Å²) in [6.45, 7) is 8.03. The van der Waals surface area contributed by atoms with Crippen LogP contribution in [0.5, 0.6) is 0 Å². The van der Waals surface area contributed by atoms with Crippen LogP contribution in [0.15, 0.2) is 24.3 Å². The maximum atomic E-state index is 12.0. The second-order valence-corrected chi connectivity index (χ2v) is 6.82. The minimum Gasteiger partial charge on any atom is -0.392 e. The Balaban J connectivity index is 1.97. The summed E-state index contributed by atoms with van der Waals surface area (Å²) in [5, 5.41) is 20.4. The molecule has 2 aliphatic rings. The Bertz CT molecular complexity index is 426. The number of unbranched alkanes of at least 4 members (excludes halogenated alkanes) is 1. The average Bonchev–Trinajstić information content (AvgIpc) is 2.90. The third-order valence-corrected chi connectivity index (χ3v) is 5.24. The van der Waals surface area contributed by atoms with Gasteiger partial charge >= 0.3 is 0 Å². The number of hydrogen-bond acceptors (Lipinski definition) is 3. The van der Waals surface area contributed by atoms with Crippen LogP contribution in [0.2, 0.25) is 0 Å². The van der Waals surface area contributed by atoms with Crippen molar-refractivity contribution in [2.75, 3.05) is 0 Å². The van der Waals surface area contributed by atoms with Crippen LogP contribution in [0.4, 0.5) is 0 Å². The SMILES string of the molecule is C=C1C[C@H]2[C@H](/C=C/[C@@H](O)C(C)CCCC)[C@H](O)C[C@@H]2C1=O. The molecule has 2 fully saturated rings. The quantitative estimate of drug-likeness (QED) is 0.584. The smallest absolute Gasteiger partial charge is 0.161 e. The van der Waals surface area contributed by atoms with Gasteiger partial charge in [-0.05, 0) is 36.7 Å². The molecule has 118 valence electrons. The Labute approximate surface area is 127 Å². The maximum Gasteiger partial charge on any atom is 0.161 e. The van der Waals surface area contributed by atoms with Crippen molar-refractivity contribution in [3.63, 3.8) is 0 Å². The van der Waals surface area contributed by atoms with Gasteiger partial charge in [-0.15, -0.1) is 0 Å². The molecule has 0 heterocycles. The molecule has 6 atom stereocenters. The lowest BCUT2D eigenvalue weighted by atomic mass is 9.89. The topological polar surface area (TPSA) is 57.5 Å². The Morgan fingerprint density at radius 2 is 2.19 bits per heavy atom. The molecule has 2 rings (SSSR count). The number of ketones is 1. The second-order valence-electron chi connectivity index (χ2n) is 6.82. The molecule has 3 nitrogen and oxygen atoms in total. The van der Waals surface area contributed by atoms with Crippen molar-refractivity contribution in [2.45, 2.75) is 58.2 Å². The minimum absolute atomic E-state index is 0.0220. The summed E-state index contributed by atoms with van der Waals surface area (Å²) in [6, 6.07) is 0. The summed E-state index contributed by atoms with van der Waals surface area (Å²) in [7, 11) is 0. The third kappa shape index (κ3) is 3.46. The van der Waals surface area contributed by atoms with Gasteiger partial charge in [0.25, 0.3) is 0 Å². The lowest BCUT2D eigenvalue weighted by Gasteiger charge is -2.19. The molecule has 2 N–H and O–H groups in total. The Morgan fingerprint density at radius 3 is 2.86 bits per heavy atom. The largest absolute Gasteiger partial charge is 0.392 e. The van der Waals surface area contributed by atoms with Crippen molar-refractivity contribution in [3.05, 3.63) is 24.3 Å². The normalized spacial score (nSPS) is 35.4. The number of hydrogen-bond donors (Lipinski definition) is 2. The first kappa shape index (κ1) is 16.4. The Kier molecular flexibility index (Phi) is 5.39. The number of aliphatic hydroxyl groups is 2. The fraction of sp³-hybridized carbons (Fsp3) is 0.722. The summed E-state index contributed by atoms with van der Waals surface area (Å²) in [5.41, 5.74) is 0.701. The van der Waals surface area contributed by atoms with Crippen LogP contribution in [-0.4, -0.2) is 28.2 Å². The van der Waals surface area contributed by atoms with Gasteiger partial charge in [0.15, 0.2) is 5.78 Å². The molecule has 0 aromatic carbocycles. The summed E-state index contributed by atoms with van der Waals surface area (Å²) in [6.07, 6.45) is 7.32. The van der Waals surface area contributed by atoms with Crippen molar-refractivity contribution in [2.24, 2.45) is 23.7 Å². The maximum absolute atomic E-state index is 12.0. The van der Waals surface area contributed by atoms with Gasteiger partial charge in [-0.1, -0.05) is 45.4 Å². The van der Waals surface area contributed by atoms with Crippen LogP contribution in [-0.2, 0) is 4.79 Å². The Morgan fingerprint density at radius 1 is 1.48 bits per heavy atom. The highest BCUT2D eigenvalue weighted by atomic mass is 16.3. The molecule has 0 amide bonds. The van der Waals surface area contributed by atoms with Gasteiger partial charge in [0, 0.05) is 11.8 Å². The molecule has 3 heteroatoms. The number of aliphatic hydroxyl groups excluding tert-OH is 2. The summed E-state index contributed by atoms with van der Waals surface area (Å²) >= 11 is 0. The van der Waals surface area contributed by atoms with Crippen LogP contribution in [0.25, 0.3) is 0 Å². The van der Waals surface area contributed by atoms with Crippen LogP contribution < -0.4 is 0 Å². The van der Waals surface area contributed by atoms with E-state index in [1.807, 2.05) is 12.2 Å². The van der Waals surface area contributed by atoms with Crippen molar-refractivity contribution in [1.82, 2.24) is 0 Å². The number of carbonyl (C=O) groups excluding carboxylic acids is 1. The van der Waals surface area contributed by atoms with Gasteiger partial charge in [-0.25, -0.2) is 0 Å². The van der Waals surface area contributed by atoms with Crippen molar-refractivity contribution in [3.8, 4) is 0 Å². The Hall–Kier alpha value is -0.930. The van der Waals surface area contributed by atoms with Gasteiger partial charge in [0.1, 0.15) is 0 Å². The number of rotatable bonds is 6. The van der Waals surface area contributed by atoms with E-state index in [0.29, 0.717) is 18.4 Å². The van der Waals surface area contributed by atoms with Crippen LogP contribution in [0.3, 0.4) is 0 Å². The fourth-order valence-electron chi connectivity index (χ4n) is 3.77. The predicted octanol–water partition coefficient (Wildman–Crippen LogP) is 2.87. The molecule has 1 unspecified atom stereocenters. The van der Waals surface area contributed by atoms with Crippen LogP contribution in [0.1, 0.15) is 46.0 Å². The molecule has 0 radical (unpaired) electrons. The molecule has 21 heavy (non-hydrogen) atoms. The van der Waals surface area contributed by atoms with E-state index in [1.165, 1.54) is 0 Å². The van der Waals surface area contributed by atoms with Crippen molar-refractivity contribution >= 4 is 5.78 Å². The number of allylic oxidation sites excluding steroid dienone is 1. The highest BCUT2D eigenvalue weighted by Crippen LogP contribution is 2.48. The fourth-order valence-corrected chi connectivity index (χ4v) is 3.77. The molecule has 0 bridgehead atoms. The highest BCUT2D eigenvalue weighted by Gasteiger charge is 2.49. The average molecular weight is 292 g/mol. The van der Waals surface area contributed by atoms with Crippen LogP contribution >= 0.6 is 0 Å². The van der Waals surface area contributed by atoms with E-state index in [0.717, 1.165) is 19.3 Å². The zero-order valence-electron chi connectivity index (χ0n) is 13.2. The lowest BCUT2D eigenvalue weighted by Crippen LogP contribution is -2.19. The second kappa shape index (κ2) is 6.89. The van der Waals surface area contributed by atoms with Crippen LogP contribution in [0, 0.1) is 23.7 Å². The molecule has 0 saturated heterocycles. The first-order chi connectivity index (χ1) is 9.95. The van der Waals surface area contributed by atoms with Crippen molar-refractivity contribution in [1.29, 1.82) is 0 Å². The lowest BCUT2D eigenvalue weighted by molar-refractivity contribution is -0.118. The van der Waals surface area contributed by atoms with Crippen molar-refractivity contribution < 1.29 is 15.0 Å². The zero-order chi connectivity index (χ0) is 15.6.